The summed E-state index contributed by atoms with van der Waals surface area (Å²) in [6, 6.07) is 16.1. The number of carbonyl (C=O) groups is 2. The van der Waals surface area contributed by atoms with Crippen LogP contribution >= 0.6 is 0 Å². The lowest BCUT2D eigenvalue weighted by atomic mass is 9.97. The van der Waals surface area contributed by atoms with Crippen molar-refractivity contribution >= 4 is 22.7 Å². The maximum absolute atomic E-state index is 12.3. The number of carbonyl (C=O) groups excluding carboxylic acids is 2. The van der Waals surface area contributed by atoms with Gasteiger partial charge in [0.05, 0.1) is 27.3 Å². The van der Waals surface area contributed by atoms with E-state index in [0.29, 0.717) is 10.8 Å². The first-order chi connectivity index (χ1) is 12.9. The molecule has 0 aliphatic carbocycles. The van der Waals surface area contributed by atoms with Gasteiger partial charge in [-0.05, 0) is 30.0 Å². The highest BCUT2D eigenvalue weighted by molar-refractivity contribution is 7.84. The molecule has 0 saturated carbocycles. The number of ether oxygens (including phenoxy) is 1. The first-order valence-electron chi connectivity index (χ1n) is 8.82. The molecule has 0 aliphatic rings. The zero-order chi connectivity index (χ0) is 19.8. The van der Waals surface area contributed by atoms with Gasteiger partial charge < -0.3 is 10.1 Å². The van der Waals surface area contributed by atoms with E-state index in [1.165, 1.54) is 6.26 Å². The van der Waals surface area contributed by atoms with Gasteiger partial charge in [0, 0.05) is 6.26 Å². The Kier molecular flexibility index (Phi) is 7.73. The largest absolute Gasteiger partial charge is 0.452 e. The molecule has 0 unspecified atom stereocenters. The smallest absolute Gasteiger partial charge is 0.339 e. The third-order valence-corrected chi connectivity index (χ3v) is 4.97. The van der Waals surface area contributed by atoms with Gasteiger partial charge in [-0.25, -0.2) is 4.79 Å². The minimum absolute atomic E-state index is 0.146. The van der Waals surface area contributed by atoms with Crippen LogP contribution in [-0.2, 0) is 20.3 Å². The first-order valence-corrected chi connectivity index (χ1v) is 10.4. The van der Waals surface area contributed by atoms with Gasteiger partial charge in [0.15, 0.2) is 6.61 Å². The van der Waals surface area contributed by atoms with Crippen molar-refractivity contribution in [3.63, 3.8) is 0 Å². The van der Waals surface area contributed by atoms with E-state index in [1.807, 2.05) is 30.3 Å². The van der Waals surface area contributed by atoms with Crippen molar-refractivity contribution in [3.05, 3.63) is 65.7 Å². The summed E-state index contributed by atoms with van der Waals surface area (Å²) >= 11 is 0. The van der Waals surface area contributed by atoms with Crippen LogP contribution in [0.2, 0.25) is 0 Å². The second-order valence-electron chi connectivity index (χ2n) is 6.69. The number of amides is 1. The number of hydrogen-bond acceptors (Lipinski definition) is 4. The normalized spacial score (nSPS) is 13.0. The van der Waals surface area contributed by atoms with Gasteiger partial charge in [0.2, 0.25) is 0 Å². The molecular weight excluding hydrogens is 362 g/mol. The van der Waals surface area contributed by atoms with Gasteiger partial charge >= 0.3 is 5.97 Å². The Balaban J connectivity index is 2.00. The van der Waals surface area contributed by atoms with Gasteiger partial charge in [0.25, 0.3) is 5.91 Å². The SMILES string of the molecule is CC(C)C[C@@H](NC(=O)COC(=O)c1ccccc1[S@@](C)=O)c1ccccc1. The predicted molar refractivity (Wildman–Crippen MR) is 106 cm³/mol. The van der Waals surface area contributed by atoms with Crippen LogP contribution in [0.25, 0.3) is 0 Å². The molecule has 2 atom stereocenters. The molecule has 0 spiro atoms. The van der Waals surface area contributed by atoms with Crippen molar-refractivity contribution < 1.29 is 18.5 Å². The van der Waals surface area contributed by atoms with Gasteiger partial charge in [-0.15, -0.1) is 0 Å². The van der Waals surface area contributed by atoms with Crippen LogP contribution in [0.1, 0.15) is 42.2 Å². The maximum atomic E-state index is 12.3. The van der Waals surface area contributed by atoms with E-state index < -0.39 is 16.8 Å². The summed E-state index contributed by atoms with van der Waals surface area (Å²) in [5.74, 6) is -0.631. The summed E-state index contributed by atoms with van der Waals surface area (Å²) in [6.45, 7) is 3.79. The maximum Gasteiger partial charge on any atom is 0.339 e. The Morgan fingerprint density at radius 1 is 1.04 bits per heavy atom. The molecule has 0 heterocycles. The van der Waals surface area contributed by atoms with Gasteiger partial charge in [-0.3, -0.25) is 9.00 Å². The highest BCUT2D eigenvalue weighted by Gasteiger charge is 2.19. The molecular formula is C21H25NO4S. The van der Waals surface area contributed by atoms with Crippen LogP contribution in [0.5, 0.6) is 0 Å². The van der Waals surface area contributed by atoms with E-state index in [-0.39, 0.29) is 24.1 Å². The Bertz CT molecular complexity index is 805. The third-order valence-electron chi connectivity index (χ3n) is 4.00. The summed E-state index contributed by atoms with van der Waals surface area (Å²) < 4.78 is 16.9. The van der Waals surface area contributed by atoms with Crippen LogP contribution in [0, 0.1) is 5.92 Å². The molecule has 2 aromatic rings. The number of hydrogen-bond donors (Lipinski definition) is 1. The lowest BCUT2D eigenvalue weighted by Crippen LogP contribution is -2.33. The molecule has 2 aromatic carbocycles. The van der Waals surface area contributed by atoms with Crippen molar-refractivity contribution in [2.45, 2.75) is 31.2 Å². The lowest BCUT2D eigenvalue weighted by molar-refractivity contribution is -0.125. The standard InChI is InChI=1S/C21H25NO4S/c1-15(2)13-18(16-9-5-4-6-10-16)22-20(23)14-26-21(24)17-11-7-8-12-19(17)27(3)25/h4-12,15,18H,13-14H2,1-3H3,(H,22,23)/t18-,27-/m1/s1. The second-order valence-corrected chi connectivity index (χ2v) is 8.03. The van der Waals surface area contributed by atoms with Crippen LogP contribution in [0.15, 0.2) is 59.5 Å². The molecule has 0 aliphatic heterocycles. The lowest BCUT2D eigenvalue weighted by Gasteiger charge is -2.21. The second kappa shape index (κ2) is 10.0. The topological polar surface area (TPSA) is 72.5 Å². The highest BCUT2D eigenvalue weighted by Crippen LogP contribution is 2.21. The fourth-order valence-electron chi connectivity index (χ4n) is 2.77. The zero-order valence-electron chi connectivity index (χ0n) is 15.8. The highest BCUT2D eigenvalue weighted by atomic mass is 32.2. The summed E-state index contributed by atoms with van der Waals surface area (Å²) in [7, 11) is -1.32. The Morgan fingerprint density at radius 3 is 2.30 bits per heavy atom. The molecule has 0 radical (unpaired) electrons. The molecule has 0 bridgehead atoms. The number of nitrogens with one attached hydrogen (secondary N) is 1. The van der Waals surface area contributed by atoms with E-state index >= 15 is 0 Å². The van der Waals surface area contributed by atoms with Crippen molar-refractivity contribution in [1.29, 1.82) is 0 Å². The van der Waals surface area contributed by atoms with Gasteiger partial charge in [0.1, 0.15) is 0 Å². The summed E-state index contributed by atoms with van der Waals surface area (Å²) in [6.07, 6.45) is 2.27. The minimum atomic E-state index is -1.32. The van der Waals surface area contributed by atoms with E-state index in [9.17, 15) is 13.8 Å². The number of benzene rings is 2. The molecule has 2 rings (SSSR count). The van der Waals surface area contributed by atoms with Crippen LogP contribution in [0.3, 0.4) is 0 Å². The molecule has 1 amide bonds. The summed E-state index contributed by atoms with van der Waals surface area (Å²) in [5, 5.41) is 2.93. The fourth-order valence-corrected chi connectivity index (χ4v) is 3.50. The molecule has 0 aromatic heterocycles. The average Bonchev–Trinajstić information content (AvgIpc) is 2.66. The van der Waals surface area contributed by atoms with E-state index in [1.54, 1.807) is 24.3 Å². The molecule has 1 N–H and O–H groups in total. The van der Waals surface area contributed by atoms with Crippen LogP contribution in [-0.4, -0.2) is 28.9 Å². The number of rotatable bonds is 8. The minimum Gasteiger partial charge on any atom is -0.452 e. The van der Waals surface area contributed by atoms with Gasteiger partial charge in [-0.1, -0.05) is 56.3 Å². The molecule has 144 valence electrons. The number of esters is 1. The van der Waals surface area contributed by atoms with E-state index in [0.717, 1.165) is 12.0 Å². The fraction of sp³-hybridized carbons (Fsp3) is 0.333. The quantitative estimate of drug-likeness (QED) is 0.704. The summed E-state index contributed by atoms with van der Waals surface area (Å²) in [4.78, 5) is 25.0. The van der Waals surface area contributed by atoms with E-state index in [2.05, 4.69) is 19.2 Å². The molecule has 0 saturated heterocycles. The van der Waals surface area contributed by atoms with Crippen molar-refractivity contribution in [2.75, 3.05) is 12.9 Å². The summed E-state index contributed by atoms with van der Waals surface area (Å²) in [5.41, 5.74) is 1.23. The molecule has 27 heavy (non-hydrogen) atoms. The Hall–Kier alpha value is -2.47. The van der Waals surface area contributed by atoms with Crippen LogP contribution < -0.4 is 5.32 Å². The van der Waals surface area contributed by atoms with Gasteiger partial charge in [-0.2, -0.15) is 0 Å². The van der Waals surface area contributed by atoms with Crippen molar-refractivity contribution in [2.24, 2.45) is 5.92 Å². The van der Waals surface area contributed by atoms with Crippen LogP contribution in [0.4, 0.5) is 0 Å². The molecule has 5 nitrogen and oxygen atoms in total. The predicted octanol–water partition coefficient (Wildman–Crippen LogP) is 3.48. The third kappa shape index (κ3) is 6.32. The first kappa shape index (κ1) is 20.8. The molecule has 6 heteroatoms. The Morgan fingerprint density at radius 2 is 1.67 bits per heavy atom. The van der Waals surface area contributed by atoms with Crippen molar-refractivity contribution in [3.8, 4) is 0 Å². The Labute approximate surface area is 162 Å². The monoisotopic (exact) mass is 387 g/mol. The van der Waals surface area contributed by atoms with Crippen molar-refractivity contribution in [1.82, 2.24) is 5.32 Å². The zero-order valence-corrected chi connectivity index (χ0v) is 16.6. The molecule has 0 fully saturated rings. The average molecular weight is 388 g/mol. The van der Waals surface area contributed by atoms with E-state index in [4.69, 9.17) is 4.74 Å².